The summed E-state index contributed by atoms with van der Waals surface area (Å²) >= 11 is 3.74. The maximum atomic E-state index is 2.43. The Morgan fingerprint density at radius 3 is 1.72 bits per heavy atom. The van der Waals surface area contributed by atoms with Crippen molar-refractivity contribution in [3.05, 3.63) is 206 Å². The van der Waals surface area contributed by atoms with Crippen molar-refractivity contribution in [3.63, 3.8) is 0 Å². The fraction of sp³-hybridized carbons (Fsp3) is 0. The van der Waals surface area contributed by atoms with E-state index in [-0.39, 0.29) is 0 Å². The number of rotatable bonds is 6. The van der Waals surface area contributed by atoms with Crippen LogP contribution in [0.5, 0.6) is 0 Å². The lowest BCUT2D eigenvalue weighted by Crippen LogP contribution is -2.10. The van der Waals surface area contributed by atoms with Gasteiger partial charge in [0.05, 0.1) is 15.9 Å². The van der Waals surface area contributed by atoms with Crippen LogP contribution in [0.15, 0.2) is 206 Å². The number of thiophene rings is 2. The van der Waals surface area contributed by atoms with Gasteiger partial charge < -0.3 is 9.47 Å². The van der Waals surface area contributed by atoms with Gasteiger partial charge in [0.1, 0.15) is 4.83 Å². The molecule has 0 radical (unpaired) electrons. The highest BCUT2D eigenvalue weighted by Crippen LogP contribution is 2.46. The summed E-state index contributed by atoms with van der Waals surface area (Å²) in [6.07, 6.45) is 0. The molecular formula is C54H34N2S2. The first kappa shape index (κ1) is 33.2. The van der Waals surface area contributed by atoms with Crippen LogP contribution in [0, 0.1) is 0 Å². The Morgan fingerprint density at radius 1 is 0.379 bits per heavy atom. The number of fused-ring (bicyclic) bond motifs is 9. The lowest BCUT2D eigenvalue weighted by Gasteiger charge is -2.26. The number of nitrogens with zero attached hydrogens (tertiary/aromatic N) is 2. The summed E-state index contributed by atoms with van der Waals surface area (Å²) in [5.74, 6) is 0. The molecule has 2 nitrogen and oxygen atoms in total. The van der Waals surface area contributed by atoms with Crippen molar-refractivity contribution in [2.24, 2.45) is 0 Å². The molecule has 3 aromatic heterocycles. The number of benzene rings is 9. The van der Waals surface area contributed by atoms with Crippen LogP contribution in [0.4, 0.5) is 17.1 Å². The van der Waals surface area contributed by atoms with Crippen molar-refractivity contribution in [1.29, 1.82) is 0 Å². The van der Waals surface area contributed by atoms with Gasteiger partial charge in [0.2, 0.25) is 0 Å². The number of aromatic nitrogens is 1. The van der Waals surface area contributed by atoms with Gasteiger partial charge in [-0.2, -0.15) is 0 Å². The van der Waals surface area contributed by atoms with Gasteiger partial charge >= 0.3 is 0 Å². The Morgan fingerprint density at radius 2 is 0.966 bits per heavy atom. The zero-order valence-corrected chi connectivity index (χ0v) is 33.0. The molecule has 0 aliphatic heterocycles. The molecule has 12 rings (SSSR count). The maximum Gasteiger partial charge on any atom is 0.109 e. The number of anilines is 3. The molecule has 0 N–H and O–H groups in total. The normalized spacial score (nSPS) is 11.8. The van der Waals surface area contributed by atoms with Gasteiger partial charge in [-0.1, -0.05) is 133 Å². The average Bonchev–Trinajstić information content (AvgIpc) is 3.96. The molecule has 3 heterocycles. The summed E-state index contributed by atoms with van der Waals surface area (Å²) in [7, 11) is 0. The standard InChI is InChI=1S/C54H34N2S2/c1-2-13-41(14-3-1)56-48-32-27-40(34-47(48)52-46-16-7-9-20-51(46)58-54(52)56)37-25-30-43(31-26-37)55(49-18-10-17-45-44-15-6-8-19-50(44)57-53(45)49)42-28-23-36(24-29-42)39-22-21-35-11-4-5-12-38(35)33-39/h1-34H. The highest BCUT2D eigenvalue weighted by molar-refractivity contribution is 7.26. The third-order valence-electron chi connectivity index (χ3n) is 11.6. The molecule has 12 aromatic rings. The van der Waals surface area contributed by atoms with Crippen LogP contribution in [0.2, 0.25) is 0 Å². The Kier molecular flexibility index (Phi) is 7.62. The molecule has 0 aliphatic rings. The minimum atomic E-state index is 1.12. The molecular weight excluding hydrogens is 741 g/mol. The Hall–Kier alpha value is -6.98. The molecule has 272 valence electrons. The summed E-state index contributed by atoms with van der Waals surface area (Å²) in [6.45, 7) is 0. The van der Waals surface area contributed by atoms with Gasteiger partial charge in [-0.25, -0.2) is 0 Å². The summed E-state index contributed by atoms with van der Waals surface area (Å²) in [5, 5.41) is 9.02. The first-order valence-corrected chi connectivity index (χ1v) is 21.3. The molecule has 0 unspecified atom stereocenters. The van der Waals surface area contributed by atoms with Crippen LogP contribution in [-0.4, -0.2) is 4.57 Å². The van der Waals surface area contributed by atoms with Crippen molar-refractivity contribution in [3.8, 4) is 27.9 Å². The lowest BCUT2D eigenvalue weighted by molar-refractivity contribution is 1.19. The molecule has 0 amide bonds. The summed E-state index contributed by atoms with van der Waals surface area (Å²) in [6, 6.07) is 75.5. The molecule has 9 aromatic carbocycles. The first-order chi connectivity index (χ1) is 28.7. The highest BCUT2D eigenvalue weighted by Gasteiger charge is 2.20. The van der Waals surface area contributed by atoms with E-state index in [1.807, 2.05) is 22.7 Å². The van der Waals surface area contributed by atoms with Crippen LogP contribution in [0.25, 0.3) is 90.1 Å². The molecule has 0 saturated heterocycles. The largest absolute Gasteiger partial charge is 0.309 e. The fourth-order valence-corrected chi connectivity index (χ4v) is 11.3. The van der Waals surface area contributed by atoms with Crippen molar-refractivity contribution < 1.29 is 0 Å². The van der Waals surface area contributed by atoms with E-state index < -0.39 is 0 Å². The smallest absolute Gasteiger partial charge is 0.109 e. The highest BCUT2D eigenvalue weighted by atomic mass is 32.1. The maximum absolute atomic E-state index is 2.43. The van der Waals surface area contributed by atoms with Crippen molar-refractivity contribution >= 4 is 102 Å². The topological polar surface area (TPSA) is 8.17 Å². The van der Waals surface area contributed by atoms with Gasteiger partial charge in [-0.15, -0.1) is 22.7 Å². The number of para-hydroxylation sites is 1. The van der Waals surface area contributed by atoms with E-state index in [4.69, 9.17) is 0 Å². The summed E-state index contributed by atoms with van der Waals surface area (Å²) < 4.78 is 6.33. The van der Waals surface area contributed by atoms with Gasteiger partial charge in [0, 0.05) is 53.4 Å². The molecule has 0 aliphatic carbocycles. The fourth-order valence-electron chi connectivity index (χ4n) is 8.81. The van der Waals surface area contributed by atoms with Gasteiger partial charge in [0.15, 0.2) is 0 Å². The second-order valence-corrected chi connectivity index (χ2v) is 17.0. The number of hydrogen-bond donors (Lipinski definition) is 0. The van der Waals surface area contributed by atoms with E-state index in [2.05, 4.69) is 216 Å². The van der Waals surface area contributed by atoms with Gasteiger partial charge in [-0.3, -0.25) is 0 Å². The molecule has 0 fully saturated rings. The van der Waals surface area contributed by atoms with E-state index in [0.29, 0.717) is 0 Å². The quantitative estimate of drug-likeness (QED) is 0.163. The van der Waals surface area contributed by atoms with Crippen molar-refractivity contribution in [2.75, 3.05) is 4.90 Å². The molecule has 0 spiro atoms. The molecule has 0 saturated carbocycles. The van der Waals surface area contributed by atoms with Crippen LogP contribution in [0.3, 0.4) is 0 Å². The van der Waals surface area contributed by atoms with Gasteiger partial charge in [0.25, 0.3) is 0 Å². The van der Waals surface area contributed by atoms with E-state index in [1.54, 1.807) is 0 Å². The monoisotopic (exact) mass is 774 g/mol. The molecule has 4 heteroatoms. The Balaban J connectivity index is 0.986. The van der Waals surface area contributed by atoms with Crippen molar-refractivity contribution in [1.82, 2.24) is 4.57 Å². The van der Waals surface area contributed by atoms with Crippen molar-refractivity contribution in [2.45, 2.75) is 0 Å². The van der Waals surface area contributed by atoms with E-state index >= 15 is 0 Å². The predicted molar refractivity (Wildman–Crippen MR) is 252 cm³/mol. The number of hydrogen-bond acceptors (Lipinski definition) is 3. The van der Waals surface area contributed by atoms with E-state index in [0.717, 1.165) is 11.4 Å². The Labute approximate surface area is 343 Å². The zero-order valence-electron chi connectivity index (χ0n) is 31.3. The lowest BCUT2D eigenvalue weighted by atomic mass is 10.0. The zero-order chi connectivity index (χ0) is 38.2. The predicted octanol–water partition coefficient (Wildman–Crippen LogP) is 16.3. The minimum Gasteiger partial charge on any atom is -0.309 e. The van der Waals surface area contributed by atoms with Crippen LogP contribution >= 0.6 is 22.7 Å². The first-order valence-electron chi connectivity index (χ1n) is 19.7. The SMILES string of the molecule is c1ccc(-n2c3ccc(-c4ccc(N(c5ccc(-c6ccc7ccccc7c6)cc5)c5cccc6c5sc5ccccc56)cc4)cc3c3c4ccccc4sc32)cc1. The summed E-state index contributed by atoms with van der Waals surface area (Å²) in [5.41, 5.74) is 10.7. The van der Waals surface area contributed by atoms with E-state index in [1.165, 1.54) is 95.8 Å². The van der Waals surface area contributed by atoms with E-state index in [9.17, 15) is 0 Å². The molecule has 0 bridgehead atoms. The van der Waals surface area contributed by atoms with Gasteiger partial charge in [-0.05, 0) is 106 Å². The average molecular weight is 775 g/mol. The summed E-state index contributed by atoms with van der Waals surface area (Å²) in [4.78, 5) is 3.71. The van der Waals surface area contributed by atoms with Crippen LogP contribution < -0.4 is 4.90 Å². The Bertz CT molecular complexity index is 3500. The molecule has 58 heavy (non-hydrogen) atoms. The van der Waals surface area contributed by atoms with Crippen LogP contribution in [0.1, 0.15) is 0 Å². The molecule has 0 atom stereocenters. The minimum absolute atomic E-state index is 1.12. The third kappa shape index (κ3) is 5.30. The second kappa shape index (κ2) is 13.3. The van der Waals surface area contributed by atoms with Crippen LogP contribution in [-0.2, 0) is 0 Å². The third-order valence-corrected chi connectivity index (χ3v) is 14.0. The second-order valence-electron chi connectivity index (χ2n) is 14.9.